The van der Waals surface area contributed by atoms with Crippen molar-refractivity contribution in [3.8, 4) is 0 Å². The number of hydrogen-bond donors (Lipinski definition) is 0. The fourth-order valence-electron chi connectivity index (χ4n) is 2.70. The van der Waals surface area contributed by atoms with Crippen LogP contribution in [0.15, 0.2) is 0 Å². The number of ether oxygens (including phenoxy) is 4. The van der Waals surface area contributed by atoms with Crippen LogP contribution in [0, 0.1) is 0 Å². The first-order valence-electron chi connectivity index (χ1n) is 8.40. The second kappa shape index (κ2) is 9.26. The van der Waals surface area contributed by atoms with Gasteiger partial charge in [0.25, 0.3) is 0 Å². The summed E-state index contributed by atoms with van der Waals surface area (Å²) in [5.41, 5.74) is 0. The zero-order valence-corrected chi connectivity index (χ0v) is 13.1. The molecule has 0 saturated carbocycles. The summed E-state index contributed by atoms with van der Waals surface area (Å²) in [6.45, 7) is 3.30. The molecule has 0 spiro atoms. The van der Waals surface area contributed by atoms with Crippen molar-refractivity contribution in [1.29, 1.82) is 0 Å². The topological polar surface area (TPSA) is 54.0 Å². The lowest BCUT2D eigenvalue weighted by Crippen LogP contribution is -2.47. The Morgan fingerprint density at radius 1 is 1.05 bits per heavy atom. The molecule has 2 aliphatic rings. The molecule has 2 fully saturated rings. The summed E-state index contributed by atoms with van der Waals surface area (Å²) in [6.07, 6.45) is 10.2. The molecular formula is C16H28O5. The average molecular weight is 300 g/mol. The Hall–Kier alpha value is -0.810. The second-order valence-corrected chi connectivity index (χ2v) is 5.90. The molecule has 5 nitrogen and oxygen atoms in total. The summed E-state index contributed by atoms with van der Waals surface area (Å²) in [6, 6.07) is 0. The standard InChI is InChI=1S/C16H28O5/c1-2-3-4-5-6-7-8-9-10-18-15-11-13(20-15)14-12-19-16(17)21-14/h13-15H,2-12H2,1H3. The lowest BCUT2D eigenvalue weighted by molar-refractivity contribution is -0.275. The number of hydrogen-bond acceptors (Lipinski definition) is 5. The normalized spacial score (nSPS) is 28.0. The Bertz CT molecular complexity index is 301. The van der Waals surface area contributed by atoms with Crippen molar-refractivity contribution in [1.82, 2.24) is 0 Å². The summed E-state index contributed by atoms with van der Waals surface area (Å²) < 4.78 is 20.9. The van der Waals surface area contributed by atoms with Gasteiger partial charge in [-0.3, -0.25) is 0 Å². The van der Waals surface area contributed by atoms with Gasteiger partial charge < -0.3 is 18.9 Å². The van der Waals surface area contributed by atoms with E-state index >= 15 is 0 Å². The van der Waals surface area contributed by atoms with Gasteiger partial charge in [-0.05, 0) is 6.42 Å². The maximum atomic E-state index is 10.8. The van der Waals surface area contributed by atoms with E-state index < -0.39 is 6.16 Å². The Labute approximate surface area is 127 Å². The van der Waals surface area contributed by atoms with Crippen LogP contribution in [0.2, 0.25) is 0 Å². The van der Waals surface area contributed by atoms with Crippen LogP contribution < -0.4 is 0 Å². The largest absolute Gasteiger partial charge is 0.508 e. The van der Waals surface area contributed by atoms with Crippen molar-refractivity contribution in [3.05, 3.63) is 0 Å². The highest BCUT2D eigenvalue weighted by molar-refractivity contribution is 5.62. The fourth-order valence-corrected chi connectivity index (χ4v) is 2.70. The highest BCUT2D eigenvalue weighted by atomic mass is 16.8. The SMILES string of the molecule is CCCCCCCCCCOC1CC(C2COC(=O)O2)O1. The monoisotopic (exact) mass is 300 g/mol. The first kappa shape index (κ1) is 16.6. The summed E-state index contributed by atoms with van der Waals surface area (Å²) in [7, 11) is 0. The minimum absolute atomic E-state index is 0.0555. The molecule has 0 N–H and O–H groups in total. The van der Waals surface area contributed by atoms with E-state index in [-0.39, 0.29) is 18.5 Å². The van der Waals surface area contributed by atoms with Gasteiger partial charge in [-0.2, -0.15) is 0 Å². The first-order valence-corrected chi connectivity index (χ1v) is 8.40. The van der Waals surface area contributed by atoms with Gasteiger partial charge in [0.05, 0.1) is 0 Å². The van der Waals surface area contributed by atoms with E-state index in [0.717, 1.165) is 19.4 Å². The molecule has 2 saturated heterocycles. The lowest BCUT2D eigenvalue weighted by atomic mass is 10.1. The summed E-state index contributed by atoms with van der Waals surface area (Å²) in [5.74, 6) is 0. The van der Waals surface area contributed by atoms with E-state index in [2.05, 4.69) is 6.92 Å². The van der Waals surface area contributed by atoms with E-state index in [1.54, 1.807) is 0 Å². The zero-order valence-electron chi connectivity index (χ0n) is 13.1. The van der Waals surface area contributed by atoms with E-state index in [4.69, 9.17) is 18.9 Å². The van der Waals surface area contributed by atoms with Crippen LogP contribution in [0.5, 0.6) is 0 Å². The highest BCUT2D eigenvalue weighted by Crippen LogP contribution is 2.28. The van der Waals surface area contributed by atoms with Gasteiger partial charge in [-0.1, -0.05) is 51.9 Å². The van der Waals surface area contributed by atoms with E-state index in [1.165, 1.54) is 44.9 Å². The molecule has 0 aromatic carbocycles. The Morgan fingerprint density at radius 3 is 2.33 bits per heavy atom. The third kappa shape index (κ3) is 5.83. The minimum Gasteiger partial charge on any atom is -0.430 e. The van der Waals surface area contributed by atoms with Crippen molar-refractivity contribution in [2.24, 2.45) is 0 Å². The van der Waals surface area contributed by atoms with Crippen LogP contribution in [-0.4, -0.2) is 37.9 Å². The van der Waals surface area contributed by atoms with Crippen LogP contribution in [0.3, 0.4) is 0 Å². The van der Waals surface area contributed by atoms with Crippen LogP contribution >= 0.6 is 0 Å². The molecule has 2 heterocycles. The van der Waals surface area contributed by atoms with Gasteiger partial charge in [0, 0.05) is 13.0 Å². The van der Waals surface area contributed by atoms with E-state index in [0.29, 0.717) is 6.61 Å². The van der Waals surface area contributed by atoms with Crippen molar-refractivity contribution >= 4 is 6.16 Å². The Morgan fingerprint density at radius 2 is 1.71 bits per heavy atom. The van der Waals surface area contributed by atoms with Gasteiger partial charge >= 0.3 is 6.16 Å². The summed E-state index contributed by atoms with van der Waals surface area (Å²) >= 11 is 0. The molecule has 0 radical (unpaired) electrons. The molecule has 5 heteroatoms. The Kier molecular flexibility index (Phi) is 7.30. The Balaban J connectivity index is 1.36. The lowest BCUT2D eigenvalue weighted by Gasteiger charge is -2.37. The molecule has 2 aliphatic heterocycles. The molecule has 21 heavy (non-hydrogen) atoms. The predicted molar refractivity (Wildman–Crippen MR) is 78.1 cm³/mol. The molecule has 0 aromatic rings. The van der Waals surface area contributed by atoms with Crippen LogP contribution in [0.4, 0.5) is 4.79 Å². The van der Waals surface area contributed by atoms with E-state index in [9.17, 15) is 4.79 Å². The van der Waals surface area contributed by atoms with E-state index in [1.807, 2.05) is 0 Å². The molecule has 122 valence electrons. The van der Waals surface area contributed by atoms with Gasteiger partial charge in [-0.15, -0.1) is 0 Å². The summed E-state index contributed by atoms with van der Waals surface area (Å²) in [5, 5.41) is 0. The zero-order chi connectivity index (χ0) is 14.9. The third-order valence-electron chi connectivity index (χ3n) is 4.08. The molecule has 3 unspecified atom stereocenters. The van der Waals surface area contributed by atoms with Crippen LogP contribution in [-0.2, 0) is 18.9 Å². The molecule has 0 amide bonds. The quantitative estimate of drug-likeness (QED) is 0.429. The average Bonchev–Trinajstić information content (AvgIpc) is 2.85. The van der Waals surface area contributed by atoms with Gasteiger partial charge in [0.15, 0.2) is 12.4 Å². The molecule has 0 aliphatic carbocycles. The number of rotatable bonds is 11. The molecular weight excluding hydrogens is 272 g/mol. The van der Waals surface area contributed by atoms with Crippen LogP contribution in [0.1, 0.15) is 64.7 Å². The van der Waals surface area contributed by atoms with Gasteiger partial charge in [0.2, 0.25) is 0 Å². The minimum atomic E-state index is -0.591. The smallest absolute Gasteiger partial charge is 0.430 e. The number of carbonyl (C=O) groups excluding carboxylic acids is 1. The molecule has 3 atom stereocenters. The summed E-state index contributed by atoms with van der Waals surface area (Å²) in [4.78, 5) is 10.8. The predicted octanol–water partition coefficient (Wildman–Crippen LogP) is 3.79. The van der Waals surface area contributed by atoms with Gasteiger partial charge in [0.1, 0.15) is 12.7 Å². The second-order valence-electron chi connectivity index (χ2n) is 5.90. The van der Waals surface area contributed by atoms with Crippen LogP contribution in [0.25, 0.3) is 0 Å². The fraction of sp³-hybridized carbons (Fsp3) is 0.938. The number of unbranched alkanes of at least 4 members (excludes halogenated alkanes) is 7. The number of cyclic esters (lactones) is 2. The van der Waals surface area contributed by atoms with Crippen molar-refractivity contribution in [3.63, 3.8) is 0 Å². The molecule has 0 bridgehead atoms. The number of carbonyl (C=O) groups is 1. The molecule has 2 rings (SSSR count). The maximum absolute atomic E-state index is 10.8. The molecule has 0 aromatic heterocycles. The maximum Gasteiger partial charge on any atom is 0.508 e. The third-order valence-corrected chi connectivity index (χ3v) is 4.08. The first-order chi connectivity index (χ1) is 10.3. The van der Waals surface area contributed by atoms with Gasteiger partial charge in [-0.25, -0.2) is 4.79 Å². The van der Waals surface area contributed by atoms with Crippen molar-refractivity contribution < 1.29 is 23.7 Å². The van der Waals surface area contributed by atoms with Crippen molar-refractivity contribution in [2.75, 3.05) is 13.2 Å². The van der Waals surface area contributed by atoms with Crippen molar-refractivity contribution in [2.45, 2.75) is 83.2 Å². The highest BCUT2D eigenvalue weighted by Gasteiger charge is 2.42.